The Hall–Kier alpha value is -2.54. The molecule has 26 heavy (non-hydrogen) atoms. The molecule has 7 heteroatoms. The minimum atomic E-state index is -3.88. The van der Waals surface area contributed by atoms with E-state index in [1.54, 1.807) is 38.3 Å². The van der Waals surface area contributed by atoms with Crippen LogP contribution in [0, 0.1) is 0 Å². The van der Waals surface area contributed by atoms with Crippen molar-refractivity contribution in [3.05, 3.63) is 53.6 Å². The van der Waals surface area contributed by atoms with Gasteiger partial charge in [0.05, 0.1) is 29.9 Å². The van der Waals surface area contributed by atoms with Crippen LogP contribution in [0.25, 0.3) is 0 Å². The fourth-order valence-corrected chi connectivity index (χ4v) is 3.61. The van der Waals surface area contributed by atoms with Gasteiger partial charge in [-0.05, 0) is 48.7 Å². The van der Waals surface area contributed by atoms with Crippen molar-refractivity contribution in [3.63, 3.8) is 0 Å². The van der Waals surface area contributed by atoms with Crippen molar-refractivity contribution in [2.45, 2.75) is 31.6 Å². The van der Waals surface area contributed by atoms with E-state index in [0.29, 0.717) is 5.75 Å². The van der Waals surface area contributed by atoms with E-state index in [4.69, 9.17) is 9.47 Å². The second-order valence-electron chi connectivity index (χ2n) is 5.93. The predicted octanol–water partition coefficient (Wildman–Crippen LogP) is 3.80. The summed E-state index contributed by atoms with van der Waals surface area (Å²) in [4.78, 5) is 12.1. The number of nitrogens with one attached hydrogen (secondary N) is 1. The number of hydrogen-bond donors (Lipinski definition) is 1. The Morgan fingerprint density at radius 1 is 1.15 bits per heavy atom. The van der Waals surface area contributed by atoms with Crippen LogP contribution in [0.5, 0.6) is 5.75 Å². The van der Waals surface area contributed by atoms with E-state index in [-0.39, 0.29) is 28.7 Å². The molecule has 0 saturated carbocycles. The number of hydrogen-bond acceptors (Lipinski definition) is 5. The van der Waals surface area contributed by atoms with E-state index >= 15 is 0 Å². The molecular weight excluding hydrogens is 354 g/mol. The summed E-state index contributed by atoms with van der Waals surface area (Å²) in [6.07, 6.45) is 0. The van der Waals surface area contributed by atoms with Crippen molar-refractivity contribution < 1.29 is 22.7 Å². The number of carbonyl (C=O) groups excluding carboxylic acids is 1. The smallest absolute Gasteiger partial charge is 0.340 e. The zero-order valence-corrected chi connectivity index (χ0v) is 16.1. The first-order valence-electron chi connectivity index (χ1n) is 8.27. The van der Waals surface area contributed by atoms with Gasteiger partial charge in [-0.15, -0.1) is 0 Å². The fourth-order valence-electron chi connectivity index (χ4n) is 2.49. The molecule has 0 heterocycles. The Morgan fingerprint density at radius 3 is 2.46 bits per heavy atom. The van der Waals surface area contributed by atoms with Crippen LogP contribution in [0.1, 0.15) is 42.6 Å². The second kappa shape index (κ2) is 8.23. The van der Waals surface area contributed by atoms with Gasteiger partial charge in [0.25, 0.3) is 10.0 Å². The van der Waals surface area contributed by atoms with E-state index in [9.17, 15) is 13.2 Å². The van der Waals surface area contributed by atoms with Gasteiger partial charge in [0.2, 0.25) is 0 Å². The first-order chi connectivity index (χ1) is 12.3. The van der Waals surface area contributed by atoms with Crippen LogP contribution in [0.2, 0.25) is 0 Å². The van der Waals surface area contributed by atoms with Gasteiger partial charge in [0, 0.05) is 0 Å². The molecule has 0 aliphatic heterocycles. The molecule has 0 aliphatic carbocycles. The van der Waals surface area contributed by atoms with Crippen molar-refractivity contribution in [3.8, 4) is 5.75 Å². The number of rotatable bonds is 7. The van der Waals surface area contributed by atoms with Gasteiger partial charge >= 0.3 is 5.97 Å². The number of carbonyl (C=O) groups is 1. The molecule has 0 unspecified atom stereocenters. The lowest BCUT2D eigenvalue weighted by Gasteiger charge is -2.15. The Morgan fingerprint density at radius 2 is 1.85 bits per heavy atom. The van der Waals surface area contributed by atoms with Crippen LogP contribution < -0.4 is 9.46 Å². The van der Waals surface area contributed by atoms with Crippen LogP contribution in [0.15, 0.2) is 47.4 Å². The molecule has 0 fully saturated rings. The summed E-state index contributed by atoms with van der Waals surface area (Å²) in [7, 11) is -2.33. The molecule has 2 rings (SSSR count). The maximum Gasteiger partial charge on any atom is 0.340 e. The van der Waals surface area contributed by atoms with E-state index in [0.717, 1.165) is 5.56 Å². The van der Waals surface area contributed by atoms with Crippen molar-refractivity contribution in [1.29, 1.82) is 0 Å². The summed E-state index contributed by atoms with van der Waals surface area (Å²) in [5.74, 6) is 0.140. The van der Waals surface area contributed by atoms with Gasteiger partial charge in [-0.1, -0.05) is 26.0 Å². The lowest BCUT2D eigenvalue weighted by molar-refractivity contribution is 0.0527. The summed E-state index contributed by atoms with van der Waals surface area (Å²) in [5.41, 5.74) is 1.12. The molecule has 2 aromatic rings. The van der Waals surface area contributed by atoms with E-state index in [1.165, 1.54) is 18.2 Å². The molecule has 0 bridgehead atoms. The van der Waals surface area contributed by atoms with Crippen LogP contribution in [0.3, 0.4) is 0 Å². The minimum absolute atomic E-state index is 0.0897. The topological polar surface area (TPSA) is 81.7 Å². The van der Waals surface area contributed by atoms with E-state index in [2.05, 4.69) is 4.72 Å². The first kappa shape index (κ1) is 19.8. The summed E-state index contributed by atoms with van der Waals surface area (Å²) < 4.78 is 38.4. The lowest BCUT2D eigenvalue weighted by Crippen LogP contribution is -2.17. The summed E-state index contributed by atoms with van der Waals surface area (Å²) in [6, 6.07) is 11.0. The molecule has 0 radical (unpaired) electrons. The number of anilines is 1. The molecule has 2 aromatic carbocycles. The third kappa shape index (κ3) is 4.35. The van der Waals surface area contributed by atoms with Crippen LogP contribution in [-0.4, -0.2) is 28.1 Å². The number of ether oxygens (including phenoxy) is 2. The van der Waals surface area contributed by atoms with Gasteiger partial charge in [-0.25, -0.2) is 13.2 Å². The molecule has 1 N–H and O–H groups in total. The van der Waals surface area contributed by atoms with Crippen LogP contribution in [-0.2, 0) is 14.8 Å². The molecule has 140 valence electrons. The number of para-hydroxylation sites is 1. The average molecular weight is 377 g/mol. The van der Waals surface area contributed by atoms with Crippen LogP contribution >= 0.6 is 0 Å². The molecule has 0 atom stereocenters. The Kier molecular flexibility index (Phi) is 6.26. The van der Waals surface area contributed by atoms with Crippen molar-refractivity contribution in [2.24, 2.45) is 0 Å². The van der Waals surface area contributed by atoms with Gasteiger partial charge in [0.15, 0.2) is 0 Å². The van der Waals surface area contributed by atoms with Gasteiger partial charge < -0.3 is 9.47 Å². The molecule has 0 amide bonds. The summed E-state index contributed by atoms with van der Waals surface area (Å²) in [5, 5.41) is 0. The first-order valence-corrected chi connectivity index (χ1v) is 9.75. The lowest BCUT2D eigenvalue weighted by atomic mass is 10.0. The van der Waals surface area contributed by atoms with Gasteiger partial charge in [-0.2, -0.15) is 0 Å². The van der Waals surface area contributed by atoms with E-state index < -0.39 is 16.0 Å². The van der Waals surface area contributed by atoms with Crippen LogP contribution in [0.4, 0.5) is 5.69 Å². The third-order valence-corrected chi connectivity index (χ3v) is 5.16. The minimum Gasteiger partial charge on any atom is -0.496 e. The van der Waals surface area contributed by atoms with Crippen molar-refractivity contribution in [1.82, 2.24) is 0 Å². The quantitative estimate of drug-likeness (QED) is 0.742. The zero-order chi connectivity index (χ0) is 19.3. The van der Waals surface area contributed by atoms with Crippen molar-refractivity contribution in [2.75, 3.05) is 18.4 Å². The number of benzene rings is 2. The van der Waals surface area contributed by atoms with Crippen molar-refractivity contribution >= 4 is 21.7 Å². The summed E-state index contributed by atoms with van der Waals surface area (Å²) >= 11 is 0. The molecule has 0 aromatic heterocycles. The maximum absolute atomic E-state index is 12.8. The monoisotopic (exact) mass is 377 g/mol. The number of esters is 1. The SMILES string of the molecule is CCOC(=O)c1ccccc1NS(=O)(=O)c1ccc(OC)c(C(C)C)c1. The van der Waals surface area contributed by atoms with Gasteiger partial charge in [0.1, 0.15) is 5.75 Å². The summed E-state index contributed by atoms with van der Waals surface area (Å²) in [6.45, 7) is 5.81. The Labute approximate surface area is 154 Å². The Balaban J connectivity index is 2.42. The number of methoxy groups -OCH3 is 1. The highest BCUT2D eigenvalue weighted by Crippen LogP contribution is 2.30. The Bertz CT molecular complexity index is 891. The highest BCUT2D eigenvalue weighted by Gasteiger charge is 2.21. The standard InChI is InChI=1S/C19H23NO5S/c1-5-25-19(21)15-8-6-7-9-17(15)20-26(22,23)14-10-11-18(24-4)16(12-14)13(2)3/h6-13,20H,5H2,1-4H3. The molecule has 6 nitrogen and oxygen atoms in total. The predicted molar refractivity (Wildman–Crippen MR) is 100 cm³/mol. The maximum atomic E-state index is 12.8. The van der Waals surface area contributed by atoms with Gasteiger partial charge in [-0.3, -0.25) is 4.72 Å². The fraction of sp³-hybridized carbons (Fsp3) is 0.316. The zero-order valence-electron chi connectivity index (χ0n) is 15.3. The average Bonchev–Trinajstić information content (AvgIpc) is 2.61. The second-order valence-corrected chi connectivity index (χ2v) is 7.61. The molecular formula is C19H23NO5S. The molecule has 0 saturated heterocycles. The highest BCUT2D eigenvalue weighted by molar-refractivity contribution is 7.92. The third-order valence-electron chi connectivity index (χ3n) is 3.80. The molecule has 0 aliphatic rings. The number of sulfonamides is 1. The molecule has 0 spiro atoms. The largest absolute Gasteiger partial charge is 0.496 e. The van der Waals surface area contributed by atoms with E-state index in [1.807, 2.05) is 13.8 Å². The normalized spacial score (nSPS) is 11.3. The highest BCUT2D eigenvalue weighted by atomic mass is 32.2.